The van der Waals surface area contributed by atoms with Crippen molar-refractivity contribution in [3.8, 4) is 0 Å². The van der Waals surface area contributed by atoms with Crippen LogP contribution >= 0.6 is 0 Å². The van der Waals surface area contributed by atoms with Crippen LogP contribution in [-0.2, 0) is 0 Å². The smallest absolute Gasteiger partial charge is 0.00642 e. The summed E-state index contributed by atoms with van der Waals surface area (Å²) >= 11 is 0. The fourth-order valence-corrected chi connectivity index (χ4v) is 1.23. The maximum atomic E-state index is 3.43. The van der Waals surface area contributed by atoms with E-state index in [1.807, 2.05) is 0 Å². The zero-order valence-electron chi connectivity index (χ0n) is 7.78. The predicted molar refractivity (Wildman–Crippen MR) is 47.2 cm³/mol. The van der Waals surface area contributed by atoms with Crippen LogP contribution in [0.25, 0.3) is 0 Å². The molecule has 0 saturated carbocycles. The molecule has 0 heterocycles. The Morgan fingerprint density at radius 1 is 1.20 bits per heavy atom. The molecule has 0 aromatic heterocycles. The molecule has 1 heteroatoms. The highest BCUT2D eigenvalue weighted by atomic mass is 14.9. The summed E-state index contributed by atoms with van der Waals surface area (Å²) in [6.45, 7) is 10.1. The van der Waals surface area contributed by atoms with E-state index in [2.05, 4.69) is 33.0 Å². The molecule has 2 atom stereocenters. The molecule has 0 aliphatic rings. The number of hydrogen-bond donors (Lipinski definition) is 1. The summed E-state index contributed by atoms with van der Waals surface area (Å²) in [6, 6.07) is 0.685. The summed E-state index contributed by atoms with van der Waals surface area (Å²) < 4.78 is 0. The molecule has 2 unspecified atom stereocenters. The molecule has 0 aliphatic carbocycles. The summed E-state index contributed by atoms with van der Waals surface area (Å²) in [5.74, 6) is 0.824. The second kappa shape index (κ2) is 5.72. The van der Waals surface area contributed by atoms with E-state index in [0.29, 0.717) is 6.04 Å². The van der Waals surface area contributed by atoms with Crippen molar-refractivity contribution in [3.63, 3.8) is 0 Å². The number of hydrogen-bond acceptors (Lipinski definition) is 1. The van der Waals surface area contributed by atoms with Gasteiger partial charge in [-0.1, -0.05) is 27.2 Å². The highest BCUT2D eigenvalue weighted by molar-refractivity contribution is 4.66. The first-order valence-electron chi connectivity index (χ1n) is 4.45. The van der Waals surface area contributed by atoms with Crippen LogP contribution in [0.4, 0.5) is 0 Å². The molecule has 0 spiro atoms. The highest BCUT2D eigenvalue weighted by Gasteiger charge is 2.08. The minimum absolute atomic E-state index is 0.685. The maximum Gasteiger partial charge on any atom is 0.00642 e. The van der Waals surface area contributed by atoms with Crippen LogP contribution in [0.3, 0.4) is 0 Å². The summed E-state index contributed by atoms with van der Waals surface area (Å²) in [5.41, 5.74) is 0. The van der Waals surface area contributed by atoms with E-state index in [-0.39, 0.29) is 0 Å². The second-order valence-electron chi connectivity index (χ2n) is 3.11. The minimum atomic E-state index is 0.685. The Labute approximate surface area is 65.2 Å². The van der Waals surface area contributed by atoms with Gasteiger partial charge in [0, 0.05) is 6.04 Å². The lowest BCUT2D eigenvalue weighted by Crippen LogP contribution is -2.31. The van der Waals surface area contributed by atoms with E-state index in [1.165, 1.54) is 12.8 Å². The van der Waals surface area contributed by atoms with E-state index >= 15 is 0 Å². The van der Waals surface area contributed by atoms with Crippen LogP contribution < -0.4 is 5.32 Å². The van der Waals surface area contributed by atoms with Gasteiger partial charge >= 0.3 is 0 Å². The maximum absolute atomic E-state index is 3.43. The van der Waals surface area contributed by atoms with Crippen molar-refractivity contribution in [2.45, 2.75) is 46.6 Å². The molecular weight excluding hydrogens is 122 g/mol. The van der Waals surface area contributed by atoms with E-state index < -0.39 is 0 Å². The first kappa shape index (κ1) is 9.96. The average Bonchev–Trinajstić information content (AvgIpc) is 1.89. The Kier molecular flexibility index (Phi) is 5.70. The van der Waals surface area contributed by atoms with Gasteiger partial charge in [0.15, 0.2) is 0 Å². The van der Waals surface area contributed by atoms with Crippen molar-refractivity contribution < 1.29 is 0 Å². The quantitative estimate of drug-likeness (QED) is 0.623. The van der Waals surface area contributed by atoms with Gasteiger partial charge in [0.2, 0.25) is 0 Å². The van der Waals surface area contributed by atoms with Gasteiger partial charge in [0.25, 0.3) is 0 Å². The molecule has 0 aromatic rings. The molecule has 10 heavy (non-hydrogen) atoms. The molecule has 0 rings (SSSR count). The van der Waals surface area contributed by atoms with Gasteiger partial charge in [-0.2, -0.15) is 0 Å². The zero-order valence-corrected chi connectivity index (χ0v) is 7.78. The fraction of sp³-hybridized carbons (Fsp3) is 1.00. The second-order valence-corrected chi connectivity index (χ2v) is 3.11. The SMILES string of the molecule is CCCC(C)C(C)NCC. The van der Waals surface area contributed by atoms with E-state index in [1.54, 1.807) is 0 Å². The first-order chi connectivity index (χ1) is 4.72. The largest absolute Gasteiger partial charge is 0.314 e. The van der Waals surface area contributed by atoms with Crippen LogP contribution in [0.15, 0.2) is 0 Å². The molecule has 0 amide bonds. The lowest BCUT2D eigenvalue weighted by Gasteiger charge is -2.19. The van der Waals surface area contributed by atoms with Gasteiger partial charge in [-0.15, -0.1) is 0 Å². The molecule has 62 valence electrons. The topological polar surface area (TPSA) is 12.0 Å². The predicted octanol–water partition coefficient (Wildman–Crippen LogP) is 2.42. The summed E-state index contributed by atoms with van der Waals surface area (Å²) in [7, 11) is 0. The normalized spacial score (nSPS) is 16.8. The number of rotatable bonds is 5. The molecular formula is C9H21N. The van der Waals surface area contributed by atoms with Gasteiger partial charge in [-0.25, -0.2) is 0 Å². The highest BCUT2D eigenvalue weighted by Crippen LogP contribution is 2.09. The van der Waals surface area contributed by atoms with Crippen molar-refractivity contribution >= 4 is 0 Å². The van der Waals surface area contributed by atoms with Crippen LogP contribution in [0.1, 0.15) is 40.5 Å². The number of nitrogens with one attached hydrogen (secondary N) is 1. The average molecular weight is 143 g/mol. The molecule has 0 saturated heterocycles. The van der Waals surface area contributed by atoms with E-state index in [4.69, 9.17) is 0 Å². The Morgan fingerprint density at radius 3 is 2.20 bits per heavy atom. The van der Waals surface area contributed by atoms with Crippen molar-refractivity contribution in [1.82, 2.24) is 5.32 Å². The first-order valence-corrected chi connectivity index (χ1v) is 4.45. The van der Waals surface area contributed by atoms with Gasteiger partial charge in [0.05, 0.1) is 0 Å². The van der Waals surface area contributed by atoms with Crippen LogP contribution in [0, 0.1) is 5.92 Å². The van der Waals surface area contributed by atoms with Gasteiger partial charge < -0.3 is 5.32 Å². The Morgan fingerprint density at radius 2 is 1.80 bits per heavy atom. The van der Waals surface area contributed by atoms with E-state index in [0.717, 1.165) is 12.5 Å². The minimum Gasteiger partial charge on any atom is -0.314 e. The third-order valence-electron chi connectivity index (χ3n) is 2.12. The Balaban J connectivity index is 3.38. The summed E-state index contributed by atoms with van der Waals surface area (Å²) in [4.78, 5) is 0. The van der Waals surface area contributed by atoms with Gasteiger partial charge in [0.1, 0.15) is 0 Å². The van der Waals surface area contributed by atoms with Crippen molar-refractivity contribution in [1.29, 1.82) is 0 Å². The van der Waals surface area contributed by atoms with Crippen LogP contribution in [0.5, 0.6) is 0 Å². The monoisotopic (exact) mass is 143 g/mol. The fourth-order valence-electron chi connectivity index (χ4n) is 1.23. The lowest BCUT2D eigenvalue weighted by molar-refractivity contribution is 0.383. The van der Waals surface area contributed by atoms with Crippen molar-refractivity contribution in [2.24, 2.45) is 5.92 Å². The Hall–Kier alpha value is -0.0400. The van der Waals surface area contributed by atoms with Crippen LogP contribution in [0.2, 0.25) is 0 Å². The van der Waals surface area contributed by atoms with Crippen molar-refractivity contribution in [2.75, 3.05) is 6.54 Å². The molecule has 0 bridgehead atoms. The summed E-state index contributed by atoms with van der Waals surface area (Å²) in [5, 5.41) is 3.43. The van der Waals surface area contributed by atoms with Crippen molar-refractivity contribution in [3.05, 3.63) is 0 Å². The van der Waals surface area contributed by atoms with Gasteiger partial charge in [-0.05, 0) is 25.8 Å². The third-order valence-corrected chi connectivity index (χ3v) is 2.12. The lowest BCUT2D eigenvalue weighted by atomic mass is 9.98. The summed E-state index contributed by atoms with van der Waals surface area (Å²) in [6.07, 6.45) is 2.64. The zero-order chi connectivity index (χ0) is 7.98. The van der Waals surface area contributed by atoms with Gasteiger partial charge in [-0.3, -0.25) is 0 Å². The molecule has 0 aliphatic heterocycles. The van der Waals surface area contributed by atoms with Crippen LogP contribution in [-0.4, -0.2) is 12.6 Å². The molecule has 1 N–H and O–H groups in total. The molecule has 0 aromatic carbocycles. The van der Waals surface area contributed by atoms with E-state index in [9.17, 15) is 0 Å². The molecule has 0 fully saturated rings. The third kappa shape index (κ3) is 3.89. The Bertz CT molecular complexity index is 61.1. The molecule has 1 nitrogen and oxygen atoms in total. The standard InChI is InChI=1S/C9H21N/c1-5-7-8(3)9(4)10-6-2/h8-10H,5-7H2,1-4H3. The molecule has 0 radical (unpaired) electrons.